The van der Waals surface area contributed by atoms with Gasteiger partial charge in [-0.05, 0) is 37.6 Å². The highest BCUT2D eigenvalue weighted by molar-refractivity contribution is 5.96. The number of ketones is 1. The van der Waals surface area contributed by atoms with Crippen LogP contribution in [0.2, 0.25) is 0 Å². The van der Waals surface area contributed by atoms with Gasteiger partial charge in [0, 0.05) is 12.5 Å². The van der Waals surface area contributed by atoms with Crippen molar-refractivity contribution in [1.82, 2.24) is 5.32 Å². The fourth-order valence-corrected chi connectivity index (χ4v) is 3.01. The topological polar surface area (TPSA) is 38.3 Å². The quantitative estimate of drug-likeness (QED) is 0.856. The van der Waals surface area contributed by atoms with Crippen LogP contribution in [0.15, 0.2) is 54.6 Å². The van der Waals surface area contributed by atoms with Crippen LogP contribution >= 0.6 is 0 Å². The molecule has 2 atom stereocenters. The first kappa shape index (κ1) is 14.8. The van der Waals surface area contributed by atoms with Crippen LogP contribution in [0.3, 0.4) is 0 Å². The Bertz CT molecular complexity index is 633. The number of ether oxygens (including phenoxy) is 1. The molecule has 2 aromatic rings. The van der Waals surface area contributed by atoms with E-state index in [1.165, 1.54) is 0 Å². The first-order valence-corrected chi connectivity index (χ1v) is 7.78. The third kappa shape index (κ3) is 3.20. The highest BCUT2D eigenvalue weighted by atomic mass is 16.5. The van der Waals surface area contributed by atoms with Gasteiger partial charge in [-0.25, -0.2) is 0 Å². The molecule has 1 N–H and O–H groups in total. The van der Waals surface area contributed by atoms with Crippen molar-refractivity contribution >= 4 is 5.78 Å². The number of carbonyl (C=O) groups is 1. The summed E-state index contributed by atoms with van der Waals surface area (Å²) in [6.07, 6.45) is 1.05. The fraction of sp³-hybridized carbons (Fsp3) is 0.316. The summed E-state index contributed by atoms with van der Waals surface area (Å²) < 4.78 is 6.32. The van der Waals surface area contributed by atoms with Gasteiger partial charge < -0.3 is 10.1 Å². The predicted molar refractivity (Wildman–Crippen MR) is 87.2 cm³/mol. The number of Topliss-reactive ketones (excluding diaryl/α,β-unsaturated/α-hetero) is 1. The second-order valence-electron chi connectivity index (χ2n) is 5.75. The van der Waals surface area contributed by atoms with Gasteiger partial charge in [0.2, 0.25) is 0 Å². The molecule has 3 heteroatoms. The van der Waals surface area contributed by atoms with Crippen LogP contribution in [0.1, 0.15) is 35.4 Å². The van der Waals surface area contributed by atoms with E-state index in [0.717, 1.165) is 25.1 Å². The zero-order chi connectivity index (χ0) is 15.4. The maximum absolute atomic E-state index is 11.8. The number of carbonyl (C=O) groups excluding carboxylic acids is 1. The molecule has 1 aliphatic rings. The lowest BCUT2D eigenvalue weighted by Crippen LogP contribution is -2.22. The Hall–Kier alpha value is -2.13. The Morgan fingerprint density at radius 2 is 1.86 bits per heavy atom. The molecule has 0 amide bonds. The zero-order valence-electron chi connectivity index (χ0n) is 12.8. The Labute approximate surface area is 131 Å². The number of rotatable bonds is 5. The van der Waals surface area contributed by atoms with Crippen LogP contribution in [0.5, 0.6) is 5.75 Å². The average Bonchev–Trinajstić information content (AvgIpc) is 3.08. The van der Waals surface area contributed by atoms with Crippen LogP contribution in [-0.4, -0.2) is 18.9 Å². The number of hydrogen-bond donors (Lipinski definition) is 1. The molecule has 1 fully saturated rings. The summed E-state index contributed by atoms with van der Waals surface area (Å²) in [5, 5.41) is 3.40. The van der Waals surface area contributed by atoms with E-state index in [-0.39, 0.29) is 11.9 Å². The normalized spacial score (nSPS) is 18.9. The molecule has 2 aromatic carbocycles. The summed E-state index contributed by atoms with van der Waals surface area (Å²) in [6.45, 7) is 3.55. The summed E-state index contributed by atoms with van der Waals surface area (Å²) in [5.41, 5.74) is 1.81. The van der Waals surface area contributed by atoms with Gasteiger partial charge in [-0.3, -0.25) is 4.79 Å². The molecule has 3 nitrogen and oxygen atoms in total. The van der Waals surface area contributed by atoms with E-state index in [4.69, 9.17) is 4.74 Å². The molecule has 1 saturated heterocycles. The van der Waals surface area contributed by atoms with Crippen LogP contribution in [0, 0.1) is 5.92 Å². The largest absolute Gasteiger partial charge is 0.485 e. The molecule has 3 rings (SSSR count). The Morgan fingerprint density at radius 3 is 2.55 bits per heavy atom. The number of benzene rings is 2. The van der Waals surface area contributed by atoms with Gasteiger partial charge in [-0.2, -0.15) is 0 Å². The summed E-state index contributed by atoms with van der Waals surface area (Å²) >= 11 is 0. The van der Waals surface area contributed by atoms with Gasteiger partial charge in [0.15, 0.2) is 5.78 Å². The molecule has 1 heterocycles. The zero-order valence-corrected chi connectivity index (χ0v) is 12.8. The van der Waals surface area contributed by atoms with Crippen LogP contribution in [-0.2, 0) is 0 Å². The van der Waals surface area contributed by atoms with Crippen LogP contribution < -0.4 is 10.1 Å². The van der Waals surface area contributed by atoms with Crippen LogP contribution in [0.25, 0.3) is 0 Å². The molecule has 0 bridgehead atoms. The standard InChI is InChI=1S/C19H21NO2/c1-14(21)17-9-5-6-10-18(17)22-19(16-11-12-20-13-16)15-7-3-2-4-8-15/h2-10,16,19-20H,11-13H2,1H3/t16-,19-/m0/s1. The van der Waals surface area contributed by atoms with Gasteiger partial charge >= 0.3 is 0 Å². The summed E-state index contributed by atoms with van der Waals surface area (Å²) in [6, 6.07) is 17.8. The fourth-order valence-electron chi connectivity index (χ4n) is 3.01. The third-order valence-corrected chi connectivity index (χ3v) is 4.17. The lowest BCUT2D eigenvalue weighted by atomic mass is 9.94. The van der Waals surface area contributed by atoms with Crippen molar-refractivity contribution in [3.63, 3.8) is 0 Å². The Kier molecular flexibility index (Phi) is 4.54. The first-order chi connectivity index (χ1) is 10.8. The maximum atomic E-state index is 11.8. The van der Waals surface area contributed by atoms with E-state index in [2.05, 4.69) is 17.4 Å². The van der Waals surface area contributed by atoms with Crippen molar-refractivity contribution in [2.75, 3.05) is 13.1 Å². The minimum absolute atomic E-state index is 0.0308. The van der Waals surface area contributed by atoms with Gasteiger partial charge in [0.05, 0.1) is 5.56 Å². The van der Waals surface area contributed by atoms with Crippen LogP contribution in [0.4, 0.5) is 0 Å². The molecule has 0 unspecified atom stereocenters. The first-order valence-electron chi connectivity index (χ1n) is 7.78. The summed E-state index contributed by atoms with van der Waals surface area (Å²) in [4.78, 5) is 11.8. The number of hydrogen-bond acceptors (Lipinski definition) is 3. The summed E-state index contributed by atoms with van der Waals surface area (Å²) in [5.74, 6) is 1.13. The van der Waals surface area contributed by atoms with Crippen molar-refractivity contribution in [2.45, 2.75) is 19.4 Å². The van der Waals surface area contributed by atoms with Crippen molar-refractivity contribution < 1.29 is 9.53 Å². The molecular weight excluding hydrogens is 274 g/mol. The van der Waals surface area contributed by atoms with E-state index in [1.807, 2.05) is 42.5 Å². The lowest BCUT2D eigenvalue weighted by Gasteiger charge is -2.25. The minimum Gasteiger partial charge on any atom is -0.485 e. The van der Waals surface area contributed by atoms with Gasteiger partial charge in [-0.1, -0.05) is 42.5 Å². The smallest absolute Gasteiger partial charge is 0.163 e. The molecule has 0 aromatic heterocycles. The van der Waals surface area contributed by atoms with E-state index >= 15 is 0 Å². The summed E-state index contributed by atoms with van der Waals surface area (Å²) in [7, 11) is 0. The van der Waals surface area contributed by atoms with Crippen molar-refractivity contribution in [3.8, 4) is 5.75 Å². The molecule has 1 aliphatic heterocycles. The van der Waals surface area contributed by atoms with E-state index in [1.54, 1.807) is 6.92 Å². The van der Waals surface area contributed by atoms with Crippen molar-refractivity contribution in [1.29, 1.82) is 0 Å². The molecule has 22 heavy (non-hydrogen) atoms. The van der Waals surface area contributed by atoms with Gasteiger partial charge in [0.1, 0.15) is 11.9 Å². The second kappa shape index (κ2) is 6.75. The third-order valence-electron chi connectivity index (χ3n) is 4.17. The SMILES string of the molecule is CC(=O)c1ccccc1O[C@@H](c1ccccc1)[C@H]1CCNC1. The number of nitrogens with one attached hydrogen (secondary N) is 1. The molecule has 0 radical (unpaired) electrons. The molecular formula is C19H21NO2. The second-order valence-corrected chi connectivity index (χ2v) is 5.75. The van der Waals surface area contributed by atoms with Gasteiger partial charge in [0.25, 0.3) is 0 Å². The maximum Gasteiger partial charge on any atom is 0.163 e. The molecule has 0 saturated carbocycles. The highest BCUT2D eigenvalue weighted by Crippen LogP contribution is 2.33. The van der Waals surface area contributed by atoms with E-state index < -0.39 is 0 Å². The predicted octanol–water partition coefficient (Wildman–Crippen LogP) is 3.62. The lowest BCUT2D eigenvalue weighted by molar-refractivity contribution is 0.0997. The highest BCUT2D eigenvalue weighted by Gasteiger charge is 2.28. The average molecular weight is 295 g/mol. The van der Waals surface area contributed by atoms with Crippen molar-refractivity contribution in [3.05, 3.63) is 65.7 Å². The molecule has 114 valence electrons. The monoisotopic (exact) mass is 295 g/mol. The molecule has 0 aliphatic carbocycles. The minimum atomic E-state index is -0.0308. The number of para-hydroxylation sites is 1. The van der Waals surface area contributed by atoms with E-state index in [9.17, 15) is 4.79 Å². The Morgan fingerprint density at radius 1 is 1.14 bits per heavy atom. The van der Waals surface area contributed by atoms with E-state index in [0.29, 0.717) is 17.2 Å². The van der Waals surface area contributed by atoms with Gasteiger partial charge in [-0.15, -0.1) is 0 Å². The molecule has 0 spiro atoms. The van der Waals surface area contributed by atoms with Crippen molar-refractivity contribution in [2.24, 2.45) is 5.92 Å². The Balaban J connectivity index is 1.92.